The standard InChI is InChI=1S/C9H14O2/c1-2-8-5-6-9(11-8)4-3-7-10/h5-6,10H,2-4,7H2,1H3. The zero-order chi connectivity index (χ0) is 8.10. The Morgan fingerprint density at radius 2 is 2.09 bits per heavy atom. The molecule has 0 radical (unpaired) electrons. The smallest absolute Gasteiger partial charge is 0.104 e. The van der Waals surface area contributed by atoms with Gasteiger partial charge in [-0.05, 0) is 18.6 Å². The largest absolute Gasteiger partial charge is 0.466 e. The van der Waals surface area contributed by atoms with E-state index in [-0.39, 0.29) is 6.61 Å². The highest BCUT2D eigenvalue weighted by Crippen LogP contribution is 2.09. The van der Waals surface area contributed by atoms with Crippen molar-refractivity contribution in [1.29, 1.82) is 0 Å². The van der Waals surface area contributed by atoms with Crippen molar-refractivity contribution < 1.29 is 9.52 Å². The Morgan fingerprint density at radius 3 is 2.64 bits per heavy atom. The van der Waals surface area contributed by atoms with E-state index in [0.29, 0.717) is 0 Å². The second kappa shape index (κ2) is 4.19. The summed E-state index contributed by atoms with van der Waals surface area (Å²) in [5, 5.41) is 8.55. The van der Waals surface area contributed by atoms with Gasteiger partial charge in [0.2, 0.25) is 0 Å². The molecule has 1 heterocycles. The molecule has 0 aromatic carbocycles. The zero-order valence-corrected chi connectivity index (χ0v) is 6.84. The average molecular weight is 154 g/mol. The van der Waals surface area contributed by atoms with Gasteiger partial charge in [-0.15, -0.1) is 0 Å². The minimum atomic E-state index is 0.238. The van der Waals surface area contributed by atoms with Gasteiger partial charge in [0.25, 0.3) is 0 Å². The maximum Gasteiger partial charge on any atom is 0.104 e. The molecule has 0 saturated carbocycles. The Labute approximate surface area is 66.8 Å². The van der Waals surface area contributed by atoms with Crippen LogP contribution in [0.2, 0.25) is 0 Å². The summed E-state index contributed by atoms with van der Waals surface area (Å²) < 4.78 is 5.42. The molecule has 0 aliphatic rings. The Balaban J connectivity index is 2.44. The quantitative estimate of drug-likeness (QED) is 0.717. The van der Waals surface area contributed by atoms with E-state index in [1.54, 1.807) is 0 Å². The van der Waals surface area contributed by atoms with Crippen molar-refractivity contribution in [2.45, 2.75) is 26.2 Å². The SMILES string of the molecule is CCc1ccc(CCCO)o1. The molecule has 0 bridgehead atoms. The molecule has 0 saturated heterocycles. The molecule has 0 amide bonds. The summed E-state index contributed by atoms with van der Waals surface area (Å²) in [6.45, 7) is 2.30. The third-order valence-electron chi connectivity index (χ3n) is 1.65. The van der Waals surface area contributed by atoms with Gasteiger partial charge in [0.1, 0.15) is 11.5 Å². The lowest BCUT2D eigenvalue weighted by Gasteiger charge is -1.92. The van der Waals surface area contributed by atoms with Gasteiger partial charge in [0.05, 0.1) is 0 Å². The number of furan rings is 1. The molecule has 11 heavy (non-hydrogen) atoms. The first-order chi connectivity index (χ1) is 5.36. The fourth-order valence-electron chi connectivity index (χ4n) is 1.000. The Morgan fingerprint density at radius 1 is 1.36 bits per heavy atom. The summed E-state index contributed by atoms with van der Waals surface area (Å²) in [6.07, 6.45) is 2.58. The van der Waals surface area contributed by atoms with Crippen molar-refractivity contribution in [3.8, 4) is 0 Å². The molecule has 0 aliphatic carbocycles. The first kappa shape index (κ1) is 8.34. The molecule has 0 unspecified atom stereocenters. The topological polar surface area (TPSA) is 33.4 Å². The maximum atomic E-state index is 8.55. The van der Waals surface area contributed by atoms with E-state index < -0.39 is 0 Å². The molecular weight excluding hydrogens is 140 g/mol. The number of hydrogen-bond acceptors (Lipinski definition) is 2. The lowest BCUT2D eigenvalue weighted by atomic mass is 10.2. The van der Waals surface area contributed by atoms with Gasteiger partial charge < -0.3 is 9.52 Å². The summed E-state index contributed by atoms with van der Waals surface area (Å²) in [5.74, 6) is 2.01. The number of hydrogen-bond donors (Lipinski definition) is 1. The van der Waals surface area contributed by atoms with Crippen LogP contribution in [0.4, 0.5) is 0 Å². The van der Waals surface area contributed by atoms with Crippen LogP contribution in [0.1, 0.15) is 24.9 Å². The van der Waals surface area contributed by atoms with Gasteiger partial charge in [-0.2, -0.15) is 0 Å². The van der Waals surface area contributed by atoms with Crippen LogP contribution in [-0.4, -0.2) is 11.7 Å². The van der Waals surface area contributed by atoms with Crippen molar-refractivity contribution in [2.24, 2.45) is 0 Å². The molecule has 2 heteroatoms. The first-order valence-electron chi connectivity index (χ1n) is 4.05. The predicted octanol–water partition coefficient (Wildman–Crippen LogP) is 1.77. The van der Waals surface area contributed by atoms with E-state index in [2.05, 4.69) is 6.92 Å². The molecule has 0 fully saturated rings. The lowest BCUT2D eigenvalue weighted by molar-refractivity contribution is 0.283. The molecule has 0 aliphatic heterocycles. The van der Waals surface area contributed by atoms with Crippen molar-refractivity contribution in [3.05, 3.63) is 23.7 Å². The highest BCUT2D eigenvalue weighted by molar-refractivity contribution is 5.06. The first-order valence-corrected chi connectivity index (χ1v) is 4.05. The van der Waals surface area contributed by atoms with Crippen LogP contribution in [0.15, 0.2) is 16.5 Å². The Kier molecular flexibility index (Phi) is 3.17. The molecular formula is C9H14O2. The van der Waals surface area contributed by atoms with Crippen LogP contribution in [0.25, 0.3) is 0 Å². The third kappa shape index (κ3) is 2.39. The van der Waals surface area contributed by atoms with Gasteiger partial charge in [-0.1, -0.05) is 6.92 Å². The third-order valence-corrected chi connectivity index (χ3v) is 1.65. The van der Waals surface area contributed by atoms with Crippen LogP contribution in [0.3, 0.4) is 0 Å². The maximum absolute atomic E-state index is 8.55. The van der Waals surface area contributed by atoms with Crippen molar-refractivity contribution >= 4 is 0 Å². The molecule has 1 rings (SSSR count). The predicted molar refractivity (Wildman–Crippen MR) is 43.5 cm³/mol. The van der Waals surface area contributed by atoms with Crippen LogP contribution in [-0.2, 0) is 12.8 Å². The van der Waals surface area contributed by atoms with Gasteiger partial charge in [0, 0.05) is 19.4 Å². The molecule has 1 aromatic heterocycles. The van der Waals surface area contributed by atoms with Gasteiger partial charge >= 0.3 is 0 Å². The number of rotatable bonds is 4. The van der Waals surface area contributed by atoms with E-state index >= 15 is 0 Å². The van der Waals surface area contributed by atoms with Crippen molar-refractivity contribution in [3.63, 3.8) is 0 Å². The second-order valence-corrected chi connectivity index (χ2v) is 2.55. The zero-order valence-electron chi connectivity index (χ0n) is 6.84. The van der Waals surface area contributed by atoms with Crippen LogP contribution >= 0.6 is 0 Å². The van der Waals surface area contributed by atoms with E-state index in [9.17, 15) is 0 Å². The minimum Gasteiger partial charge on any atom is -0.466 e. The Hall–Kier alpha value is -0.760. The van der Waals surface area contributed by atoms with Gasteiger partial charge in [-0.25, -0.2) is 0 Å². The second-order valence-electron chi connectivity index (χ2n) is 2.55. The molecule has 62 valence electrons. The van der Waals surface area contributed by atoms with Crippen molar-refractivity contribution in [2.75, 3.05) is 6.61 Å². The van der Waals surface area contributed by atoms with Crippen LogP contribution in [0, 0.1) is 0 Å². The van der Waals surface area contributed by atoms with Gasteiger partial charge in [0.15, 0.2) is 0 Å². The molecule has 2 nitrogen and oxygen atoms in total. The monoisotopic (exact) mass is 154 g/mol. The molecule has 0 spiro atoms. The highest BCUT2D eigenvalue weighted by Gasteiger charge is 1.98. The molecule has 0 atom stereocenters. The Bertz CT molecular complexity index is 203. The summed E-state index contributed by atoms with van der Waals surface area (Å²) in [4.78, 5) is 0. The number of aliphatic hydroxyl groups is 1. The van der Waals surface area contributed by atoms with E-state index in [4.69, 9.17) is 9.52 Å². The summed E-state index contributed by atoms with van der Waals surface area (Å²) in [7, 11) is 0. The lowest BCUT2D eigenvalue weighted by Crippen LogP contribution is -1.86. The number of aliphatic hydroxyl groups excluding tert-OH is 1. The summed E-state index contributed by atoms with van der Waals surface area (Å²) in [5.41, 5.74) is 0. The summed E-state index contributed by atoms with van der Waals surface area (Å²) >= 11 is 0. The van der Waals surface area contributed by atoms with Crippen molar-refractivity contribution in [1.82, 2.24) is 0 Å². The van der Waals surface area contributed by atoms with E-state index in [1.807, 2.05) is 12.1 Å². The van der Waals surface area contributed by atoms with E-state index in [1.165, 1.54) is 0 Å². The fraction of sp³-hybridized carbons (Fsp3) is 0.556. The number of aryl methyl sites for hydroxylation is 2. The average Bonchev–Trinajstić information content (AvgIpc) is 2.48. The normalized spacial score (nSPS) is 10.4. The molecule has 1 N–H and O–H groups in total. The fourth-order valence-corrected chi connectivity index (χ4v) is 1.000. The van der Waals surface area contributed by atoms with Crippen LogP contribution < -0.4 is 0 Å². The van der Waals surface area contributed by atoms with Crippen LogP contribution in [0.5, 0.6) is 0 Å². The van der Waals surface area contributed by atoms with Gasteiger partial charge in [-0.3, -0.25) is 0 Å². The van der Waals surface area contributed by atoms with E-state index in [0.717, 1.165) is 30.8 Å². The summed E-state index contributed by atoms with van der Waals surface area (Å²) in [6, 6.07) is 3.97. The highest BCUT2D eigenvalue weighted by atomic mass is 16.3. The minimum absolute atomic E-state index is 0.238. The molecule has 1 aromatic rings.